The normalized spacial score (nSPS) is 15.4. The van der Waals surface area contributed by atoms with Crippen LogP contribution in [-0.4, -0.2) is 6.61 Å². The van der Waals surface area contributed by atoms with E-state index in [1.54, 1.807) is 0 Å². The maximum absolute atomic E-state index is 5.61. The summed E-state index contributed by atoms with van der Waals surface area (Å²) < 4.78 is 5.61. The van der Waals surface area contributed by atoms with Crippen molar-refractivity contribution < 1.29 is 4.74 Å². The van der Waals surface area contributed by atoms with Crippen molar-refractivity contribution in [2.75, 3.05) is 6.61 Å². The highest BCUT2D eigenvalue weighted by atomic mass is 16.5. The van der Waals surface area contributed by atoms with Gasteiger partial charge < -0.3 is 4.74 Å². The third kappa shape index (κ3) is 1.82. The fourth-order valence-corrected chi connectivity index (χ4v) is 1.93. The van der Waals surface area contributed by atoms with Crippen LogP contribution in [0.3, 0.4) is 0 Å². The van der Waals surface area contributed by atoms with Crippen molar-refractivity contribution in [1.29, 1.82) is 0 Å². The molecule has 0 spiro atoms. The fourth-order valence-electron chi connectivity index (χ4n) is 1.93. The predicted octanol–water partition coefficient (Wildman–Crippen LogP) is 3.65. The van der Waals surface area contributed by atoms with Gasteiger partial charge >= 0.3 is 0 Å². The van der Waals surface area contributed by atoms with E-state index >= 15 is 0 Å². The average molecular weight is 188 g/mol. The smallest absolute Gasteiger partial charge is 0.126 e. The van der Waals surface area contributed by atoms with E-state index in [1.165, 1.54) is 30.4 Å². The van der Waals surface area contributed by atoms with Gasteiger partial charge in [-0.2, -0.15) is 0 Å². The fraction of sp³-hybridized carbons (Fsp3) is 0.385. The van der Waals surface area contributed by atoms with Gasteiger partial charge in [0.25, 0.3) is 0 Å². The van der Waals surface area contributed by atoms with Gasteiger partial charge in [-0.05, 0) is 37.8 Å². The molecule has 1 nitrogen and oxygen atoms in total. The maximum Gasteiger partial charge on any atom is 0.126 e. The number of benzene rings is 1. The van der Waals surface area contributed by atoms with Crippen LogP contribution >= 0.6 is 0 Å². The maximum atomic E-state index is 5.61. The summed E-state index contributed by atoms with van der Waals surface area (Å²) in [7, 11) is 0. The van der Waals surface area contributed by atoms with Crippen LogP contribution in [0.5, 0.6) is 5.75 Å². The second-order valence-corrected chi connectivity index (χ2v) is 3.55. The summed E-state index contributed by atoms with van der Waals surface area (Å²) in [5.74, 6) is 1.03. The molecular formula is C13H16O. The summed E-state index contributed by atoms with van der Waals surface area (Å²) in [5, 5.41) is 0. The molecule has 0 radical (unpaired) electrons. The van der Waals surface area contributed by atoms with E-state index < -0.39 is 0 Å². The highest BCUT2D eigenvalue weighted by Gasteiger charge is 2.11. The van der Waals surface area contributed by atoms with Gasteiger partial charge in [-0.1, -0.05) is 24.3 Å². The summed E-state index contributed by atoms with van der Waals surface area (Å²) in [4.78, 5) is 0. The zero-order valence-corrected chi connectivity index (χ0v) is 8.62. The molecule has 2 rings (SSSR count). The van der Waals surface area contributed by atoms with Gasteiger partial charge in [-0.3, -0.25) is 0 Å². The van der Waals surface area contributed by atoms with Crippen molar-refractivity contribution in [3.05, 3.63) is 35.9 Å². The molecule has 0 saturated carbocycles. The monoisotopic (exact) mass is 188 g/mol. The lowest BCUT2D eigenvalue weighted by atomic mass is 10.0. The number of hydrogen-bond donors (Lipinski definition) is 0. The molecule has 1 aromatic carbocycles. The number of allylic oxidation sites excluding steroid dienone is 2. The van der Waals surface area contributed by atoms with Crippen LogP contribution in [0.2, 0.25) is 0 Å². The standard InChI is InChI=1S/C13H16O/c1-2-14-13-10-6-5-9-12(13)11-7-3-4-8-11/h5-7,9-10H,2-4,8H2,1H3. The Morgan fingerprint density at radius 1 is 1.29 bits per heavy atom. The third-order valence-corrected chi connectivity index (χ3v) is 2.57. The molecule has 1 aliphatic rings. The Balaban J connectivity index is 2.31. The van der Waals surface area contributed by atoms with E-state index in [4.69, 9.17) is 4.74 Å². The minimum absolute atomic E-state index is 0.740. The zero-order valence-electron chi connectivity index (χ0n) is 8.62. The summed E-state index contributed by atoms with van der Waals surface area (Å²) in [6, 6.07) is 8.32. The molecule has 0 saturated heterocycles. The largest absolute Gasteiger partial charge is 0.493 e. The molecule has 0 amide bonds. The van der Waals surface area contributed by atoms with E-state index in [0.29, 0.717) is 0 Å². The molecule has 14 heavy (non-hydrogen) atoms. The second kappa shape index (κ2) is 4.32. The van der Waals surface area contributed by atoms with E-state index in [-0.39, 0.29) is 0 Å². The van der Waals surface area contributed by atoms with Crippen LogP contribution in [0.15, 0.2) is 30.3 Å². The molecule has 0 heterocycles. The van der Waals surface area contributed by atoms with Crippen molar-refractivity contribution in [3.63, 3.8) is 0 Å². The van der Waals surface area contributed by atoms with E-state index in [1.807, 2.05) is 13.0 Å². The molecular weight excluding hydrogens is 172 g/mol. The SMILES string of the molecule is CCOc1ccccc1C1=CCCC1. The van der Waals surface area contributed by atoms with Crippen LogP contribution in [0.1, 0.15) is 31.7 Å². The van der Waals surface area contributed by atoms with Gasteiger partial charge in [-0.15, -0.1) is 0 Å². The Bertz CT molecular complexity index is 339. The quantitative estimate of drug-likeness (QED) is 0.703. The Morgan fingerprint density at radius 3 is 2.86 bits per heavy atom. The topological polar surface area (TPSA) is 9.23 Å². The molecule has 1 aromatic rings. The highest BCUT2D eigenvalue weighted by Crippen LogP contribution is 2.33. The molecule has 74 valence electrons. The summed E-state index contributed by atoms with van der Waals surface area (Å²) in [5.41, 5.74) is 2.74. The van der Waals surface area contributed by atoms with E-state index in [2.05, 4.69) is 24.3 Å². The molecule has 0 aliphatic heterocycles. The Morgan fingerprint density at radius 2 is 2.14 bits per heavy atom. The first-order valence-electron chi connectivity index (χ1n) is 5.33. The predicted molar refractivity (Wildman–Crippen MR) is 59.4 cm³/mol. The van der Waals surface area contributed by atoms with Gasteiger partial charge in [-0.25, -0.2) is 0 Å². The van der Waals surface area contributed by atoms with E-state index in [0.717, 1.165) is 12.4 Å². The molecule has 0 N–H and O–H groups in total. The summed E-state index contributed by atoms with van der Waals surface area (Å²) in [6.07, 6.45) is 6.04. The lowest BCUT2D eigenvalue weighted by Gasteiger charge is -2.10. The lowest BCUT2D eigenvalue weighted by molar-refractivity contribution is 0.339. The van der Waals surface area contributed by atoms with Crippen molar-refractivity contribution in [1.82, 2.24) is 0 Å². The van der Waals surface area contributed by atoms with Gasteiger partial charge in [0.2, 0.25) is 0 Å². The molecule has 0 bridgehead atoms. The minimum atomic E-state index is 0.740. The third-order valence-electron chi connectivity index (χ3n) is 2.57. The first-order chi connectivity index (χ1) is 6.92. The highest BCUT2D eigenvalue weighted by molar-refractivity contribution is 5.71. The molecule has 0 atom stereocenters. The Hall–Kier alpha value is -1.24. The lowest BCUT2D eigenvalue weighted by Crippen LogP contribution is -1.95. The minimum Gasteiger partial charge on any atom is -0.493 e. The van der Waals surface area contributed by atoms with Gasteiger partial charge in [0, 0.05) is 5.56 Å². The number of rotatable bonds is 3. The van der Waals surface area contributed by atoms with Crippen LogP contribution in [-0.2, 0) is 0 Å². The molecule has 0 fully saturated rings. The van der Waals surface area contributed by atoms with Gasteiger partial charge in [0.15, 0.2) is 0 Å². The first-order valence-corrected chi connectivity index (χ1v) is 5.33. The number of hydrogen-bond acceptors (Lipinski definition) is 1. The molecule has 1 aliphatic carbocycles. The van der Waals surface area contributed by atoms with Gasteiger partial charge in [0.05, 0.1) is 6.61 Å². The van der Waals surface area contributed by atoms with Crippen molar-refractivity contribution in [2.45, 2.75) is 26.2 Å². The van der Waals surface area contributed by atoms with Crippen LogP contribution in [0.25, 0.3) is 5.57 Å². The molecule has 0 aromatic heterocycles. The first kappa shape index (κ1) is 9.32. The second-order valence-electron chi connectivity index (χ2n) is 3.55. The van der Waals surface area contributed by atoms with E-state index in [9.17, 15) is 0 Å². The van der Waals surface area contributed by atoms with Crippen molar-refractivity contribution in [3.8, 4) is 5.75 Å². The zero-order chi connectivity index (χ0) is 9.80. The summed E-state index contributed by atoms with van der Waals surface area (Å²) >= 11 is 0. The molecule has 1 heteroatoms. The Kier molecular flexibility index (Phi) is 2.87. The van der Waals surface area contributed by atoms with Crippen LogP contribution in [0.4, 0.5) is 0 Å². The number of para-hydroxylation sites is 1. The Labute approximate surface area is 85.4 Å². The van der Waals surface area contributed by atoms with Crippen LogP contribution < -0.4 is 4.74 Å². The summed E-state index contributed by atoms with van der Waals surface area (Å²) in [6.45, 7) is 2.77. The van der Waals surface area contributed by atoms with Crippen LogP contribution in [0, 0.1) is 0 Å². The average Bonchev–Trinajstić information content (AvgIpc) is 2.72. The van der Waals surface area contributed by atoms with Gasteiger partial charge in [0.1, 0.15) is 5.75 Å². The van der Waals surface area contributed by atoms with Crippen molar-refractivity contribution in [2.24, 2.45) is 0 Å². The molecule has 0 unspecified atom stereocenters. The van der Waals surface area contributed by atoms with Crippen molar-refractivity contribution >= 4 is 5.57 Å². The number of ether oxygens (including phenoxy) is 1.